The Hall–Kier alpha value is -0.650. The van der Waals surface area contributed by atoms with Crippen molar-refractivity contribution in [3.8, 4) is 0 Å². The lowest BCUT2D eigenvalue weighted by Crippen LogP contribution is -2.42. The van der Waals surface area contributed by atoms with Crippen molar-refractivity contribution in [3.63, 3.8) is 0 Å². The van der Waals surface area contributed by atoms with Gasteiger partial charge in [0, 0.05) is 6.61 Å². The Morgan fingerprint density at radius 1 is 1.79 bits per heavy atom. The molecule has 1 rings (SSSR count). The Bertz CT molecular complexity index is 189. The van der Waals surface area contributed by atoms with Gasteiger partial charge in [0.05, 0.1) is 12.2 Å². The first-order valence-electron chi connectivity index (χ1n) is 4.83. The molecule has 1 aliphatic heterocycles. The summed E-state index contributed by atoms with van der Waals surface area (Å²) in [7, 11) is 0. The predicted octanol–water partition coefficient (Wildman–Crippen LogP) is -0.583. The monoisotopic (exact) mass is 203 g/mol. The van der Waals surface area contributed by atoms with Crippen molar-refractivity contribution in [2.45, 2.75) is 38.0 Å². The molecule has 0 radical (unpaired) electrons. The van der Waals surface area contributed by atoms with Gasteiger partial charge in [0.2, 0.25) is 0 Å². The van der Waals surface area contributed by atoms with Crippen LogP contribution >= 0.6 is 0 Å². The van der Waals surface area contributed by atoms with Gasteiger partial charge in [0.25, 0.3) is 0 Å². The number of aliphatic hydroxyl groups excluding tert-OH is 1. The molecule has 1 unspecified atom stereocenters. The van der Waals surface area contributed by atoms with Crippen LogP contribution in [0.25, 0.3) is 0 Å². The first-order valence-corrected chi connectivity index (χ1v) is 4.83. The lowest BCUT2D eigenvalue weighted by molar-refractivity contribution is -0.150. The molecule has 3 atom stereocenters. The van der Waals surface area contributed by atoms with Gasteiger partial charge >= 0.3 is 5.97 Å². The van der Waals surface area contributed by atoms with E-state index in [1.54, 1.807) is 0 Å². The number of hydrogen-bond acceptors (Lipinski definition) is 5. The van der Waals surface area contributed by atoms with Gasteiger partial charge in [-0.15, -0.1) is 0 Å². The summed E-state index contributed by atoms with van der Waals surface area (Å²) in [5, 5.41) is 9.03. The van der Waals surface area contributed by atoms with Crippen LogP contribution in [0.3, 0.4) is 0 Å². The normalized spacial score (nSPS) is 25.8. The van der Waals surface area contributed by atoms with Gasteiger partial charge in [-0.05, 0) is 19.8 Å². The number of aliphatic hydroxyl groups is 1. The highest BCUT2D eigenvalue weighted by Crippen LogP contribution is 2.12. The SMILES string of the molecule is C[C@@H](O)[C@H](N)C(=O)OCC1CCCO1. The third-order valence-corrected chi connectivity index (χ3v) is 2.23. The Morgan fingerprint density at radius 3 is 3.00 bits per heavy atom. The van der Waals surface area contributed by atoms with E-state index in [9.17, 15) is 4.79 Å². The Balaban J connectivity index is 2.19. The summed E-state index contributed by atoms with van der Waals surface area (Å²) in [4.78, 5) is 11.2. The minimum Gasteiger partial charge on any atom is -0.462 e. The molecule has 1 aliphatic rings. The van der Waals surface area contributed by atoms with Gasteiger partial charge < -0.3 is 20.3 Å². The van der Waals surface area contributed by atoms with Gasteiger partial charge in [-0.3, -0.25) is 4.79 Å². The highest BCUT2D eigenvalue weighted by molar-refractivity contribution is 5.76. The van der Waals surface area contributed by atoms with E-state index in [1.807, 2.05) is 0 Å². The van der Waals surface area contributed by atoms with E-state index < -0.39 is 18.1 Å². The highest BCUT2D eigenvalue weighted by Gasteiger charge is 2.23. The first kappa shape index (κ1) is 11.4. The minimum absolute atomic E-state index is 0.000138. The second-order valence-corrected chi connectivity index (χ2v) is 3.53. The van der Waals surface area contributed by atoms with Crippen LogP contribution in [-0.2, 0) is 14.3 Å². The molecule has 1 heterocycles. The first-order chi connectivity index (χ1) is 6.61. The standard InChI is InChI=1S/C9H17NO4/c1-6(11)8(10)9(12)14-5-7-3-2-4-13-7/h6-8,11H,2-5,10H2,1H3/t6-,7?,8+/m1/s1. The van der Waals surface area contributed by atoms with E-state index in [1.165, 1.54) is 6.92 Å². The summed E-state index contributed by atoms with van der Waals surface area (Å²) in [5.41, 5.74) is 5.38. The number of carbonyl (C=O) groups excluding carboxylic acids is 1. The zero-order valence-electron chi connectivity index (χ0n) is 8.31. The van der Waals surface area contributed by atoms with Gasteiger partial charge in [-0.25, -0.2) is 0 Å². The minimum atomic E-state index is -0.962. The molecule has 0 bridgehead atoms. The fourth-order valence-electron chi connectivity index (χ4n) is 1.24. The third-order valence-electron chi connectivity index (χ3n) is 2.23. The fourth-order valence-corrected chi connectivity index (χ4v) is 1.24. The highest BCUT2D eigenvalue weighted by atomic mass is 16.6. The van der Waals surface area contributed by atoms with Gasteiger partial charge in [0.1, 0.15) is 12.6 Å². The quantitative estimate of drug-likeness (QED) is 0.597. The summed E-state index contributed by atoms with van der Waals surface area (Å²) in [5.74, 6) is -0.574. The molecular weight excluding hydrogens is 186 g/mol. The molecule has 14 heavy (non-hydrogen) atoms. The average Bonchev–Trinajstić information content (AvgIpc) is 2.65. The predicted molar refractivity (Wildman–Crippen MR) is 49.6 cm³/mol. The summed E-state index contributed by atoms with van der Waals surface area (Å²) in [6.07, 6.45) is 1.04. The van der Waals surface area contributed by atoms with Crippen molar-refractivity contribution in [2.24, 2.45) is 5.73 Å². The van der Waals surface area contributed by atoms with Gasteiger partial charge in [-0.1, -0.05) is 0 Å². The second-order valence-electron chi connectivity index (χ2n) is 3.53. The fraction of sp³-hybridized carbons (Fsp3) is 0.889. The summed E-state index contributed by atoms with van der Waals surface area (Å²) < 4.78 is 10.2. The third kappa shape index (κ3) is 3.25. The summed E-state index contributed by atoms with van der Waals surface area (Å²) in [6.45, 7) is 2.42. The van der Waals surface area contributed by atoms with Crippen molar-refractivity contribution in [3.05, 3.63) is 0 Å². The molecule has 0 aromatic heterocycles. The van der Waals surface area contributed by atoms with Crippen LogP contribution in [-0.4, -0.2) is 42.5 Å². The van der Waals surface area contributed by atoms with Crippen molar-refractivity contribution in [1.82, 2.24) is 0 Å². The van der Waals surface area contributed by atoms with E-state index in [0.29, 0.717) is 0 Å². The molecule has 0 saturated carbocycles. The molecule has 0 aromatic carbocycles. The molecule has 0 aliphatic carbocycles. The lowest BCUT2D eigenvalue weighted by atomic mass is 10.2. The van der Waals surface area contributed by atoms with E-state index in [4.69, 9.17) is 20.3 Å². The molecule has 5 heteroatoms. The van der Waals surface area contributed by atoms with E-state index in [2.05, 4.69) is 0 Å². The molecule has 1 fully saturated rings. The molecule has 1 saturated heterocycles. The Labute approximate surface area is 83.2 Å². The van der Waals surface area contributed by atoms with Crippen LogP contribution in [0.15, 0.2) is 0 Å². The van der Waals surface area contributed by atoms with Crippen molar-refractivity contribution < 1.29 is 19.4 Å². The molecule has 0 amide bonds. The van der Waals surface area contributed by atoms with Crippen molar-refractivity contribution in [2.75, 3.05) is 13.2 Å². The number of rotatable bonds is 4. The van der Waals surface area contributed by atoms with Crippen LogP contribution in [0.4, 0.5) is 0 Å². The smallest absolute Gasteiger partial charge is 0.325 e. The second kappa shape index (κ2) is 5.29. The number of esters is 1. The Kier molecular flexibility index (Phi) is 4.31. The van der Waals surface area contributed by atoms with Crippen LogP contribution in [0.5, 0.6) is 0 Å². The number of hydrogen-bond donors (Lipinski definition) is 2. The molecule has 82 valence electrons. The van der Waals surface area contributed by atoms with E-state index in [0.717, 1.165) is 19.4 Å². The zero-order valence-corrected chi connectivity index (χ0v) is 8.31. The van der Waals surface area contributed by atoms with Crippen molar-refractivity contribution in [1.29, 1.82) is 0 Å². The van der Waals surface area contributed by atoms with Crippen LogP contribution in [0.2, 0.25) is 0 Å². The molecular formula is C9H17NO4. The largest absolute Gasteiger partial charge is 0.462 e. The summed E-state index contributed by atoms with van der Waals surface area (Å²) in [6, 6.07) is -0.962. The number of nitrogens with two attached hydrogens (primary N) is 1. The summed E-state index contributed by atoms with van der Waals surface area (Å²) >= 11 is 0. The van der Waals surface area contributed by atoms with E-state index in [-0.39, 0.29) is 12.7 Å². The van der Waals surface area contributed by atoms with Gasteiger partial charge in [-0.2, -0.15) is 0 Å². The molecule has 0 spiro atoms. The average molecular weight is 203 g/mol. The number of carbonyl (C=O) groups is 1. The number of ether oxygens (including phenoxy) is 2. The molecule has 3 N–H and O–H groups in total. The van der Waals surface area contributed by atoms with E-state index >= 15 is 0 Å². The van der Waals surface area contributed by atoms with Crippen molar-refractivity contribution >= 4 is 5.97 Å². The van der Waals surface area contributed by atoms with Crippen LogP contribution in [0, 0.1) is 0 Å². The zero-order chi connectivity index (χ0) is 10.6. The molecule has 5 nitrogen and oxygen atoms in total. The maximum absolute atomic E-state index is 11.2. The van der Waals surface area contributed by atoms with Crippen LogP contribution < -0.4 is 5.73 Å². The van der Waals surface area contributed by atoms with Crippen LogP contribution in [0.1, 0.15) is 19.8 Å². The maximum atomic E-state index is 11.2. The lowest BCUT2D eigenvalue weighted by Gasteiger charge is -2.15. The van der Waals surface area contributed by atoms with Gasteiger partial charge in [0.15, 0.2) is 0 Å². The maximum Gasteiger partial charge on any atom is 0.325 e. The molecule has 0 aromatic rings. The topological polar surface area (TPSA) is 81.8 Å². The Morgan fingerprint density at radius 2 is 2.50 bits per heavy atom.